The smallest absolute Gasteiger partial charge is 0.243 e. The summed E-state index contributed by atoms with van der Waals surface area (Å²) in [5, 5.41) is 9.95. The Morgan fingerprint density at radius 3 is 2.32 bits per heavy atom. The Morgan fingerprint density at radius 2 is 1.86 bits per heavy atom. The van der Waals surface area contributed by atoms with Gasteiger partial charge >= 0.3 is 0 Å². The molecule has 0 spiro atoms. The average molecular weight is 347 g/mol. The second-order valence-corrected chi connectivity index (χ2v) is 9.71. The van der Waals surface area contributed by atoms with E-state index in [0.717, 1.165) is 15.4 Å². The standard InChI is InChI=1S/C14H21NO5S2/c1-4-15(13-8-21(17,18)9-14(13)16)22(19,20)12-6-5-10(2)11(3)7-12/h5-7,13-14,16H,4,8-9H2,1-3H3/t13-,14+/m1/s1. The highest BCUT2D eigenvalue weighted by atomic mass is 32.2. The van der Waals surface area contributed by atoms with Crippen molar-refractivity contribution in [2.24, 2.45) is 0 Å². The topological polar surface area (TPSA) is 91.8 Å². The number of sulfone groups is 1. The molecule has 1 fully saturated rings. The third-order valence-corrected chi connectivity index (χ3v) is 7.75. The maximum absolute atomic E-state index is 12.8. The van der Waals surface area contributed by atoms with Gasteiger partial charge in [0, 0.05) is 6.54 Å². The largest absolute Gasteiger partial charge is 0.390 e. The Bertz CT molecular complexity index is 770. The number of nitrogens with zero attached hydrogens (tertiary/aromatic N) is 1. The molecule has 0 bridgehead atoms. The van der Waals surface area contributed by atoms with Gasteiger partial charge < -0.3 is 5.11 Å². The van der Waals surface area contributed by atoms with Crippen molar-refractivity contribution >= 4 is 19.9 Å². The van der Waals surface area contributed by atoms with Gasteiger partial charge in [0.25, 0.3) is 0 Å². The van der Waals surface area contributed by atoms with E-state index in [0.29, 0.717) is 0 Å². The van der Waals surface area contributed by atoms with Gasteiger partial charge in [0.15, 0.2) is 9.84 Å². The first-order valence-electron chi connectivity index (χ1n) is 7.06. The summed E-state index contributed by atoms with van der Waals surface area (Å²) >= 11 is 0. The average Bonchev–Trinajstić information content (AvgIpc) is 2.66. The van der Waals surface area contributed by atoms with Crippen molar-refractivity contribution in [2.75, 3.05) is 18.1 Å². The van der Waals surface area contributed by atoms with Crippen LogP contribution in [-0.4, -0.2) is 56.4 Å². The minimum atomic E-state index is -3.85. The Morgan fingerprint density at radius 1 is 1.23 bits per heavy atom. The molecule has 6 nitrogen and oxygen atoms in total. The number of hydrogen-bond acceptors (Lipinski definition) is 5. The summed E-state index contributed by atoms with van der Waals surface area (Å²) in [6.45, 7) is 5.44. The van der Waals surface area contributed by atoms with Crippen molar-refractivity contribution in [1.82, 2.24) is 4.31 Å². The van der Waals surface area contributed by atoms with Crippen molar-refractivity contribution in [3.8, 4) is 0 Å². The van der Waals surface area contributed by atoms with Crippen molar-refractivity contribution < 1.29 is 21.9 Å². The van der Waals surface area contributed by atoms with Crippen LogP contribution in [-0.2, 0) is 19.9 Å². The van der Waals surface area contributed by atoms with Crippen LogP contribution >= 0.6 is 0 Å². The van der Waals surface area contributed by atoms with Crippen LogP contribution in [0.5, 0.6) is 0 Å². The van der Waals surface area contributed by atoms with Gasteiger partial charge in [-0.05, 0) is 37.1 Å². The molecule has 8 heteroatoms. The van der Waals surface area contributed by atoms with Gasteiger partial charge in [-0.1, -0.05) is 13.0 Å². The summed E-state index contributed by atoms with van der Waals surface area (Å²) in [6, 6.07) is 3.87. The second kappa shape index (κ2) is 5.92. The summed E-state index contributed by atoms with van der Waals surface area (Å²) in [5.74, 6) is -0.733. The van der Waals surface area contributed by atoms with Crippen LogP contribution in [0, 0.1) is 13.8 Å². The number of rotatable bonds is 4. The predicted octanol–water partition coefficient (Wildman–Crippen LogP) is 0.472. The van der Waals surface area contributed by atoms with Crippen LogP contribution in [0.25, 0.3) is 0 Å². The normalized spacial score (nSPS) is 24.8. The molecule has 0 amide bonds. The zero-order chi connectivity index (χ0) is 16.7. The molecule has 0 radical (unpaired) electrons. The molecule has 0 saturated carbocycles. The monoisotopic (exact) mass is 347 g/mol. The summed E-state index contributed by atoms with van der Waals surface area (Å²) in [4.78, 5) is 0.119. The number of likely N-dealkylation sites (N-methyl/N-ethyl adjacent to an activating group) is 1. The molecule has 0 aromatic heterocycles. The SMILES string of the molecule is CCN([C@@H]1CS(=O)(=O)C[C@@H]1O)S(=O)(=O)c1ccc(C)c(C)c1. The molecule has 124 valence electrons. The highest BCUT2D eigenvalue weighted by molar-refractivity contribution is 7.92. The van der Waals surface area contributed by atoms with Gasteiger partial charge in [-0.2, -0.15) is 4.31 Å². The van der Waals surface area contributed by atoms with Crippen LogP contribution in [0.1, 0.15) is 18.1 Å². The quantitative estimate of drug-likeness (QED) is 0.855. The van der Waals surface area contributed by atoms with Gasteiger partial charge in [0.2, 0.25) is 10.0 Å². The molecular formula is C14H21NO5S2. The fourth-order valence-corrected chi connectivity index (χ4v) is 6.32. The van der Waals surface area contributed by atoms with Gasteiger partial charge in [-0.3, -0.25) is 0 Å². The number of aliphatic hydroxyl groups excluding tert-OH is 1. The third-order valence-electron chi connectivity index (χ3n) is 4.06. The highest BCUT2D eigenvalue weighted by Crippen LogP contribution is 2.26. The molecule has 22 heavy (non-hydrogen) atoms. The Balaban J connectivity index is 2.43. The Hall–Kier alpha value is -0.960. The second-order valence-electron chi connectivity index (χ2n) is 5.67. The third kappa shape index (κ3) is 3.19. The van der Waals surface area contributed by atoms with Gasteiger partial charge in [0.05, 0.1) is 28.5 Å². The molecule has 1 aromatic rings. The van der Waals surface area contributed by atoms with Crippen LogP contribution in [0.4, 0.5) is 0 Å². The Kier molecular flexibility index (Phi) is 4.68. The lowest BCUT2D eigenvalue weighted by molar-refractivity contribution is 0.130. The van der Waals surface area contributed by atoms with E-state index < -0.39 is 37.8 Å². The Labute approximate surface area is 131 Å². The number of benzene rings is 1. The molecule has 0 unspecified atom stereocenters. The minimum absolute atomic E-state index is 0.104. The van der Waals surface area contributed by atoms with Crippen LogP contribution in [0.2, 0.25) is 0 Å². The lowest BCUT2D eigenvalue weighted by Crippen LogP contribution is -2.46. The van der Waals surface area contributed by atoms with E-state index in [1.807, 2.05) is 13.8 Å². The molecule has 1 aliphatic rings. The molecule has 2 rings (SSSR count). The molecular weight excluding hydrogens is 326 g/mol. The lowest BCUT2D eigenvalue weighted by atomic mass is 10.1. The lowest BCUT2D eigenvalue weighted by Gasteiger charge is -2.28. The molecule has 2 atom stereocenters. The molecule has 1 aliphatic heterocycles. The van der Waals surface area contributed by atoms with Crippen LogP contribution in [0.3, 0.4) is 0 Å². The van der Waals surface area contributed by atoms with Gasteiger partial charge in [0.1, 0.15) is 0 Å². The fourth-order valence-electron chi connectivity index (χ4n) is 2.68. The summed E-state index contributed by atoms with van der Waals surface area (Å²) in [5.41, 5.74) is 1.82. The van der Waals surface area contributed by atoms with Crippen LogP contribution < -0.4 is 0 Å². The number of aliphatic hydroxyl groups is 1. The predicted molar refractivity (Wildman–Crippen MR) is 83.9 cm³/mol. The highest BCUT2D eigenvalue weighted by Gasteiger charge is 2.44. The van der Waals surface area contributed by atoms with Crippen molar-refractivity contribution in [1.29, 1.82) is 0 Å². The molecule has 0 aliphatic carbocycles. The van der Waals surface area contributed by atoms with E-state index in [1.165, 1.54) is 6.07 Å². The number of sulfonamides is 1. The van der Waals surface area contributed by atoms with E-state index in [2.05, 4.69) is 0 Å². The molecule has 1 heterocycles. The van der Waals surface area contributed by atoms with Gasteiger partial charge in [-0.15, -0.1) is 0 Å². The maximum atomic E-state index is 12.8. The van der Waals surface area contributed by atoms with Crippen molar-refractivity contribution in [2.45, 2.75) is 37.8 Å². The van der Waals surface area contributed by atoms with E-state index in [4.69, 9.17) is 0 Å². The van der Waals surface area contributed by atoms with Crippen molar-refractivity contribution in [3.63, 3.8) is 0 Å². The van der Waals surface area contributed by atoms with E-state index in [9.17, 15) is 21.9 Å². The molecule has 1 saturated heterocycles. The van der Waals surface area contributed by atoms with E-state index in [-0.39, 0.29) is 17.2 Å². The first kappa shape index (κ1) is 17.4. The van der Waals surface area contributed by atoms with Gasteiger partial charge in [-0.25, -0.2) is 16.8 Å². The molecule has 1 N–H and O–H groups in total. The maximum Gasteiger partial charge on any atom is 0.243 e. The van der Waals surface area contributed by atoms with E-state index >= 15 is 0 Å². The molecule has 1 aromatic carbocycles. The van der Waals surface area contributed by atoms with Crippen LogP contribution in [0.15, 0.2) is 23.1 Å². The summed E-state index contributed by atoms with van der Waals surface area (Å²) in [6.07, 6.45) is -1.19. The first-order valence-corrected chi connectivity index (χ1v) is 10.3. The van der Waals surface area contributed by atoms with E-state index in [1.54, 1.807) is 19.1 Å². The first-order chi connectivity index (χ1) is 10.1. The fraction of sp³-hybridized carbons (Fsp3) is 0.571. The zero-order valence-corrected chi connectivity index (χ0v) is 14.5. The number of aryl methyl sites for hydroxylation is 2. The summed E-state index contributed by atoms with van der Waals surface area (Å²) < 4.78 is 50.0. The van der Waals surface area contributed by atoms with Crippen molar-refractivity contribution in [3.05, 3.63) is 29.3 Å². The minimum Gasteiger partial charge on any atom is -0.390 e. The summed E-state index contributed by atoms with van der Waals surface area (Å²) in [7, 11) is -7.26. The zero-order valence-electron chi connectivity index (χ0n) is 12.9. The number of hydrogen-bond donors (Lipinski definition) is 1.